The Morgan fingerprint density at radius 3 is 1.54 bits per heavy atom. The lowest BCUT2D eigenvalue weighted by molar-refractivity contribution is -0.139. The van der Waals surface area contributed by atoms with Crippen LogP contribution < -0.4 is 11.5 Å². The van der Waals surface area contributed by atoms with Crippen molar-refractivity contribution in [2.75, 3.05) is 0 Å². The van der Waals surface area contributed by atoms with Crippen LogP contribution in [-0.4, -0.2) is 34.2 Å². The highest BCUT2D eigenvalue weighted by Crippen LogP contribution is 2.01. The molecular weight excluding hydrogens is 185 g/mol. The van der Waals surface area contributed by atoms with Gasteiger partial charge in [-0.15, -0.1) is 0 Å². The Labute approximate surface area is 75.5 Å². The number of carboxylic acid groups (broad SMARTS) is 2. The van der Waals surface area contributed by atoms with E-state index in [4.69, 9.17) is 21.7 Å². The van der Waals surface area contributed by atoms with E-state index in [1.165, 1.54) is 0 Å². The van der Waals surface area contributed by atoms with Crippen molar-refractivity contribution in [2.24, 2.45) is 11.5 Å². The average Bonchev–Trinajstić information content (AvgIpc) is 2.03. The molecule has 0 bridgehead atoms. The van der Waals surface area contributed by atoms with Crippen LogP contribution in [0, 0.1) is 0 Å². The van der Waals surface area contributed by atoms with E-state index in [0.717, 1.165) is 0 Å². The Kier molecular flexibility index (Phi) is 5.01. The van der Waals surface area contributed by atoms with Crippen LogP contribution in [0.5, 0.6) is 0 Å². The van der Waals surface area contributed by atoms with Crippen molar-refractivity contribution in [1.82, 2.24) is 0 Å². The zero-order chi connectivity index (χ0) is 10.4. The third-order valence-corrected chi connectivity index (χ3v) is 1.66. The molecule has 6 N–H and O–H groups in total. The van der Waals surface area contributed by atoms with Crippen LogP contribution in [-0.2, 0) is 9.59 Å². The van der Waals surface area contributed by atoms with Crippen molar-refractivity contribution < 1.29 is 19.8 Å². The molecule has 0 saturated heterocycles. The summed E-state index contributed by atoms with van der Waals surface area (Å²) in [5, 5.41) is 16.8. The van der Waals surface area contributed by atoms with Crippen LogP contribution >= 0.6 is 0 Å². The quantitative estimate of drug-likeness (QED) is 0.320. The number of hydrogen-bond donors (Lipinski definition) is 4. The molecular formula is C7H14N2O4. The van der Waals surface area contributed by atoms with Crippen LogP contribution in [0.4, 0.5) is 0 Å². The second-order valence-electron chi connectivity index (χ2n) is 2.82. The highest BCUT2D eigenvalue weighted by Gasteiger charge is 2.14. The van der Waals surface area contributed by atoms with E-state index in [1.54, 1.807) is 0 Å². The molecule has 0 amide bonds. The van der Waals surface area contributed by atoms with Gasteiger partial charge in [0, 0.05) is 0 Å². The molecule has 0 radical (unpaired) electrons. The maximum Gasteiger partial charge on any atom is 0.320 e. The molecule has 0 aliphatic heterocycles. The lowest BCUT2D eigenvalue weighted by atomic mass is 11.1. The van der Waals surface area contributed by atoms with Gasteiger partial charge in [-0.25, -0.2) is 0 Å². The van der Waals surface area contributed by atoms with E-state index in [1.807, 2.05) is 0 Å². The molecule has 6 heteroatoms. The molecule has 0 fully saturated rings. The molecule has 0 heterocycles. The Morgan fingerprint density at radius 1 is 1.00 bits per heavy atom. The van der Waals surface area contributed by atoms with Gasteiger partial charge in [0.25, 0.3) is 0 Å². The van der Waals surface area contributed by atoms with Crippen molar-refractivity contribution in [3.63, 3.8) is 0 Å². The van der Waals surface area contributed by atoms with Crippen LogP contribution in [0.1, 0.15) is 19.3 Å². The molecule has 0 rings (SSSR count). The summed E-state index contributed by atoms with van der Waals surface area (Å²) in [6.45, 7) is 0. The maximum absolute atomic E-state index is 10.2. The van der Waals surface area contributed by atoms with Crippen molar-refractivity contribution in [3.8, 4) is 0 Å². The normalized spacial score (nSPS) is 14.9. The molecule has 0 aromatic heterocycles. The van der Waals surface area contributed by atoms with E-state index >= 15 is 0 Å². The smallest absolute Gasteiger partial charge is 0.320 e. The van der Waals surface area contributed by atoms with E-state index in [2.05, 4.69) is 0 Å². The van der Waals surface area contributed by atoms with Gasteiger partial charge in [0.1, 0.15) is 12.1 Å². The molecule has 0 aliphatic carbocycles. The highest BCUT2D eigenvalue weighted by atomic mass is 16.5. The summed E-state index contributed by atoms with van der Waals surface area (Å²) in [5.74, 6) is -2.16. The standard InChI is InChI=1S/C7H14N2O4/c8-4(6(10)11)2-1-3-5(9)7(12)13/h4-5H,1-3,8-9H2,(H,10,11)(H,12,13)/t4-,5-/m0/s1/i1+1,2+1,3+1,4+1,5+1,6+1,7+1,8+1,9+1. The fraction of sp³-hybridized carbons (Fsp3) is 0.714. The van der Waals surface area contributed by atoms with Gasteiger partial charge in [0.05, 0.1) is 0 Å². The topological polar surface area (TPSA) is 127 Å². The minimum atomic E-state index is -1.08. The fourth-order valence-corrected chi connectivity index (χ4v) is 0.805. The molecule has 0 saturated carbocycles. The number of aliphatic carboxylic acids is 2. The summed E-state index contributed by atoms with van der Waals surface area (Å²) < 4.78 is 0. The Hall–Kier alpha value is -1.14. The molecule has 0 aliphatic rings. The highest BCUT2D eigenvalue weighted by molar-refractivity contribution is 5.73. The van der Waals surface area contributed by atoms with Gasteiger partial charge in [-0.3, -0.25) is 9.59 Å². The van der Waals surface area contributed by atoms with Gasteiger partial charge in [0.2, 0.25) is 0 Å². The largest absolute Gasteiger partial charge is 0.480 e. The van der Waals surface area contributed by atoms with Gasteiger partial charge in [-0.2, -0.15) is 0 Å². The van der Waals surface area contributed by atoms with Crippen molar-refractivity contribution in [3.05, 3.63) is 0 Å². The summed E-state index contributed by atoms with van der Waals surface area (Å²) in [5.41, 5.74) is 10.4. The van der Waals surface area contributed by atoms with Crippen LogP contribution in [0.25, 0.3) is 0 Å². The first-order valence-electron chi connectivity index (χ1n) is 3.92. The Bertz CT molecular complexity index is 175. The van der Waals surface area contributed by atoms with E-state index in [9.17, 15) is 9.59 Å². The average molecular weight is 199 g/mol. The zero-order valence-electron chi connectivity index (χ0n) is 7.14. The second kappa shape index (κ2) is 5.50. The van der Waals surface area contributed by atoms with Crippen LogP contribution in [0.15, 0.2) is 0 Å². The molecule has 0 aromatic rings. The fourth-order valence-electron chi connectivity index (χ4n) is 0.805. The van der Waals surface area contributed by atoms with Crippen molar-refractivity contribution in [1.29, 1.82) is 0 Å². The van der Waals surface area contributed by atoms with Crippen molar-refractivity contribution >= 4 is 11.9 Å². The third-order valence-electron chi connectivity index (χ3n) is 1.66. The first kappa shape index (κ1) is 11.9. The zero-order valence-corrected chi connectivity index (χ0v) is 7.14. The first-order chi connectivity index (χ1) is 5.95. The van der Waals surface area contributed by atoms with Gasteiger partial charge in [0.15, 0.2) is 0 Å². The van der Waals surface area contributed by atoms with E-state index in [0.29, 0.717) is 6.42 Å². The number of hydrogen-bond acceptors (Lipinski definition) is 4. The summed E-state index contributed by atoms with van der Waals surface area (Å²) in [6, 6.07) is -1.86. The monoisotopic (exact) mass is 199 g/mol. The lowest BCUT2D eigenvalue weighted by Gasteiger charge is -2.07. The SMILES string of the molecule is [15NH2][13C@@H]([13CH2][13CH2][13CH2][13C@H]([15NH2])[13C](=O)O)[13C](=O)O. The predicted molar refractivity (Wildman–Crippen MR) is 45.1 cm³/mol. The molecule has 6 nitrogen and oxygen atoms in total. The molecule has 0 spiro atoms. The van der Waals surface area contributed by atoms with Gasteiger partial charge < -0.3 is 21.7 Å². The summed E-state index contributed by atoms with van der Waals surface area (Å²) in [6.07, 6.45) is 0.896. The third kappa shape index (κ3) is 5.15. The summed E-state index contributed by atoms with van der Waals surface area (Å²) in [7, 11) is 0. The van der Waals surface area contributed by atoms with Gasteiger partial charge >= 0.3 is 11.9 Å². The molecule has 76 valence electrons. The predicted octanol–water partition coefficient (Wildman–Crippen LogP) is -1.02. The number of rotatable bonds is 6. The molecule has 0 unspecified atom stereocenters. The second-order valence-corrected chi connectivity index (χ2v) is 2.82. The Balaban J connectivity index is 3.56. The first-order valence-corrected chi connectivity index (χ1v) is 3.92. The van der Waals surface area contributed by atoms with Crippen LogP contribution in [0.2, 0.25) is 0 Å². The maximum atomic E-state index is 10.2. The summed E-state index contributed by atoms with van der Waals surface area (Å²) >= 11 is 0. The van der Waals surface area contributed by atoms with E-state index in [-0.39, 0.29) is 12.8 Å². The number of nitrogens with two attached hydrogens (primary N) is 2. The molecule has 2 atom stereocenters. The Morgan fingerprint density at radius 2 is 1.31 bits per heavy atom. The lowest BCUT2D eigenvalue weighted by Crippen LogP contribution is -2.33. The molecule has 13 heavy (non-hydrogen) atoms. The summed E-state index contributed by atoms with van der Waals surface area (Å²) in [4.78, 5) is 20.5. The van der Waals surface area contributed by atoms with Gasteiger partial charge in [-0.05, 0) is 19.3 Å². The molecule has 0 aromatic carbocycles. The van der Waals surface area contributed by atoms with Crippen LogP contribution in [0.3, 0.4) is 0 Å². The minimum Gasteiger partial charge on any atom is -0.480 e. The number of carbonyl (C=O) groups is 2. The minimum absolute atomic E-state index is 0.246. The van der Waals surface area contributed by atoms with E-state index < -0.39 is 24.0 Å². The van der Waals surface area contributed by atoms with Gasteiger partial charge in [-0.1, -0.05) is 0 Å². The number of carboxylic acids is 2. The van der Waals surface area contributed by atoms with Crippen molar-refractivity contribution in [2.45, 2.75) is 31.3 Å².